The average Bonchev–Trinajstić information content (AvgIpc) is 2.58. The van der Waals surface area contributed by atoms with Gasteiger partial charge in [-0.2, -0.15) is 5.10 Å². The predicted octanol–water partition coefficient (Wildman–Crippen LogP) is 1.62. The molecule has 0 radical (unpaired) electrons. The Hall–Kier alpha value is -1.03. The first-order valence-electron chi connectivity index (χ1n) is 5.02. The van der Waals surface area contributed by atoms with Gasteiger partial charge in [-0.1, -0.05) is 13.3 Å². The summed E-state index contributed by atoms with van der Waals surface area (Å²) in [6.45, 7) is 4.21. The van der Waals surface area contributed by atoms with E-state index in [9.17, 15) is 0 Å². The highest BCUT2D eigenvalue weighted by Crippen LogP contribution is 2.06. The first kappa shape index (κ1) is 11.0. The second-order valence-corrected chi connectivity index (χ2v) is 3.16. The zero-order valence-electron chi connectivity index (χ0n) is 8.90. The molecular formula is C10H18N2O2. The predicted molar refractivity (Wildman–Crippen MR) is 54.4 cm³/mol. The lowest BCUT2D eigenvalue weighted by molar-refractivity contribution is 0.0980. The van der Waals surface area contributed by atoms with Crippen molar-refractivity contribution in [2.45, 2.75) is 19.8 Å². The maximum Gasteiger partial charge on any atom is 0.157 e. The molecule has 0 unspecified atom stereocenters. The summed E-state index contributed by atoms with van der Waals surface area (Å²) in [6, 6.07) is 0. The van der Waals surface area contributed by atoms with Gasteiger partial charge in [-0.05, 0) is 6.42 Å². The van der Waals surface area contributed by atoms with Crippen molar-refractivity contribution < 1.29 is 9.47 Å². The number of rotatable bonds is 7. The number of unbranched alkanes of at least 4 members (excludes halogenated alkanes) is 1. The van der Waals surface area contributed by atoms with Crippen molar-refractivity contribution in [3.05, 3.63) is 12.4 Å². The Labute approximate surface area is 84.8 Å². The van der Waals surface area contributed by atoms with Gasteiger partial charge in [-0.15, -0.1) is 0 Å². The number of aryl methyl sites for hydroxylation is 1. The molecule has 0 spiro atoms. The average molecular weight is 198 g/mol. The Bertz CT molecular complexity index is 248. The normalized spacial score (nSPS) is 10.4. The largest absolute Gasteiger partial charge is 0.488 e. The zero-order chi connectivity index (χ0) is 10.2. The molecule has 0 aliphatic rings. The topological polar surface area (TPSA) is 36.3 Å². The molecule has 0 saturated heterocycles. The summed E-state index contributed by atoms with van der Waals surface area (Å²) in [5, 5.41) is 4.00. The maximum atomic E-state index is 5.40. The number of hydrogen-bond donors (Lipinski definition) is 0. The molecule has 1 heterocycles. The highest BCUT2D eigenvalue weighted by atomic mass is 16.5. The molecule has 1 aromatic heterocycles. The smallest absolute Gasteiger partial charge is 0.157 e. The molecule has 0 fully saturated rings. The summed E-state index contributed by atoms with van der Waals surface area (Å²) in [7, 11) is 1.87. The fraction of sp³-hybridized carbons (Fsp3) is 0.700. The van der Waals surface area contributed by atoms with E-state index in [4.69, 9.17) is 9.47 Å². The van der Waals surface area contributed by atoms with Crippen LogP contribution in [0.5, 0.6) is 5.75 Å². The van der Waals surface area contributed by atoms with E-state index in [-0.39, 0.29) is 0 Å². The van der Waals surface area contributed by atoms with E-state index >= 15 is 0 Å². The van der Waals surface area contributed by atoms with Gasteiger partial charge >= 0.3 is 0 Å². The molecule has 0 aliphatic heterocycles. The lowest BCUT2D eigenvalue weighted by Gasteiger charge is -2.04. The highest BCUT2D eigenvalue weighted by Gasteiger charge is 1.95. The molecule has 0 aliphatic carbocycles. The van der Waals surface area contributed by atoms with Crippen molar-refractivity contribution in [2.24, 2.45) is 7.05 Å². The van der Waals surface area contributed by atoms with Crippen molar-refractivity contribution in [3.63, 3.8) is 0 Å². The molecule has 0 atom stereocenters. The van der Waals surface area contributed by atoms with Crippen LogP contribution in [0.3, 0.4) is 0 Å². The summed E-state index contributed by atoms with van der Waals surface area (Å²) in [5.74, 6) is 0.798. The van der Waals surface area contributed by atoms with Gasteiger partial charge in [0.15, 0.2) is 5.75 Å². The molecule has 1 rings (SSSR count). The number of nitrogens with zero attached hydrogens (tertiary/aromatic N) is 2. The van der Waals surface area contributed by atoms with E-state index in [1.165, 1.54) is 6.42 Å². The van der Waals surface area contributed by atoms with E-state index < -0.39 is 0 Å². The van der Waals surface area contributed by atoms with Gasteiger partial charge < -0.3 is 9.47 Å². The van der Waals surface area contributed by atoms with Gasteiger partial charge in [0.1, 0.15) is 6.61 Å². The van der Waals surface area contributed by atoms with Crippen LogP contribution in [0.15, 0.2) is 12.4 Å². The van der Waals surface area contributed by atoms with Gasteiger partial charge in [-0.25, -0.2) is 0 Å². The Kier molecular flexibility index (Phi) is 5.07. The van der Waals surface area contributed by atoms with Crippen molar-refractivity contribution in [3.8, 4) is 5.75 Å². The monoisotopic (exact) mass is 198 g/mol. The lowest BCUT2D eigenvalue weighted by Crippen LogP contribution is -2.06. The zero-order valence-corrected chi connectivity index (χ0v) is 8.90. The molecule has 0 amide bonds. The molecule has 0 saturated carbocycles. The van der Waals surface area contributed by atoms with Crippen LogP contribution in [0.4, 0.5) is 0 Å². The van der Waals surface area contributed by atoms with E-state index in [1.54, 1.807) is 10.9 Å². The summed E-state index contributed by atoms with van der Waals surface area (Å²) >= 11 is 0. The van der Waals surface area contributed by atoms with Crippen molar-refractivity contribution in [1.29, 1.82) is 0 Å². The van der Waals surface area contributed by atoms with Gasteiger partial charge in [0, 0.05) is 13.7 Å². The van der Waals surface area contributed by atoms with E-state index in [0.29, 0.717) is 13.2 Å². The van der Waals surface area contributed by atoms with Crippen LogP contribution >= 0.6 is 0 Å². The summed E-state index contributed by atoms with van der Waals surface area (Å²) in [6.07, 6.45) is 5.83. The van der Waals surface area contributed by atoms with E-state index in [2.05, 4.69) is 12.0 Å². The minimum absolute atomic E-state index is 0.593. The third-order valence-corrected chi connectivity index (χ3v) is 1.82. The first-order chi connectivity index (χ1) is 6.83. The van der Waals surface area contributed by atoms with E-state index in [1.807, 2.05) is 13.2 Å². The summed E-state index contributed by atoms with van der Waals surface area (Å²) < 4.78 is 12.5. The molecule has 80 valence electrons. The number of hydrogen-bond acceptors (Lipinski definition) is 3. The third-order valence-electron chi connectivity index (χ3n) is 1.82. The Morgan fingerprint density at radius 3 is 2.86 bits per heavy atom. The molecule has 14 heavy (non-hydrogen) atoms. The van der Waals surface area contributed by atoms with Gasteiger partial charge in [0.2, 0.25) is 0 Å². The molecule has 0 N–H and O–H groups in total. The first-order valence-corrected chi connectivity index (χ1v) is 5.02. The lowest BCUT2D eigenvalue weighted by atomic mass is 10.4. The summed E-state index contributed by atoms with van der Waals surface area (Å²) in [5.41, 5.74) is 0. The maximum absolute atomic E-state index is 5.40. The SMILES string of the molecule is CCCCOCCOc1cnn(C)c1. The van der Waals surface area contributed by atoms with Crippen LogP contribution in [0.2, 0.25) is 0 Å². The highest BCUT2D eigenvalue weighted by molar-refractivity contribution is 5.10. The Morgan fingerprint density at radius 2 is 2.21 bits per heavy atom. The van der Waals surface area contributed by atoms with Crippen LogP contribution < -0.4 is 4.74 Å². The van der Waals surface area contributed by atoms with Gasteiger partial charge in [0.25, 0.3) is 0 Å². The molecule has 4 nitrogen and oxygen atoms in total. The van der Waals surface area contributed by atoms with Crippen molar-refractivity contribution in [2.75, 3.05) is 19.8 Å². The minimum atomic E-state index is 0.593. The van der Waals surface area contributed by atoms with Gasteiger partial charge in [-0.3, -0.25) is 4.68 Å². The van der Waals surface area contributed by atoms with Crippen LogP contribution in [0.25, 0.3) is 0 Å². The Morgan fingerprint density at radius 1 is 1.36 bits per heavy atom. The fourth-order valence-corrected chi connectivity index (χ4v) is 1.04. The molecule has 4 heteroatoms. The fourth-order valence-electron chi connectivity index (χ4n) is 1.04. The van der Waals surface area contributed by atoms with Crippen LogP contribution in [0.1, 0.15) is 19.8 Å². The third kappa shape index (κ3) is 4.28. The standard InChI is InChI=1S/C10H18N2O2/c1-3-4-5-13-6-7-14-10-8-11-12(2)9-10/h8-9H,3-7H2,1-2H3. The molecule has 1 aromatic rings. The van der Waals surface area contributed by atoms with Gasteiger partial charge in [0.05, 0.1) is 19.0 Å². The second-order valence-electron chi connectivity index (χ2n) is 3.16. The van der Waals surface area contributed by atoms with Crippen molar-refractivity contribution >= 4 is 0 Å². The Balaban J connectivity index is 1.99. The quantitative estimate of drug-likeness (QED) is 0.624. The van der Waals surface area contributed by atoms with Crippen LogP contribution in [0, 0.1) is 0 Å². The van der Waals surface area contributed by atoms with Crippen molar-refractivity contribution in [1.82, 2.24) is 9.78 Å². The summed E-state index contributed by atoms with van der Waals surface area (Å²) in [4.78, 5) is 0. The second kappa shape index (κ2) is 6.43. The van der Waals surface area contributed by atoms with E-state index in [0.717, 1.165) is 18.8 Å². The number of ether oxygens (including phenoxy) is 2. The minimum Gasteiger partial charge on any atom is -0.488 e. The van der Waals surface area contributed by atoms with Crippen LogP contribution in [-0.4, -0.2) is 29.6 Å². The molecule has 0 aromatic carbocycles. The van der Waals surface area contributed by atoms with Crippen LogP contribution in [-0.2, 0) is 11.8 Å². The molecule has 0 bridgehead atoms. The number of aromatic nitrogens is 2. The molecular weight excluding hydrogens is 180 g/mol.